The van der Waals surface area contributed by atoms with E-state index in [9.17, 15) is 14.7 Å². The summed E-state index contributed by atoms with van der Waals surface area (Å²) in [5.41, 5.74) is 2.15. The van der Waals surface area contributed by atoms with Crippen LogP contribution in [-0.2, 0) is 9.59 Å². The van der Waals surface area contributed by atoms with Gasteiger partial charge >= 0.3 is 0 Å². The molecule has 1 aliphatic heterocycles. The molecule has 188 valence electrons. The third-order valence-corrected chi connectivity index (χ3v) is 6.18. The number of Topliss-reactive ketones (excluding diaryl/α,β-unsaturated/α-hetero) is 1. The molecular formula is C28H36N2O5. The standard InChI is InChI=1S/C28H36N2O5/c1-6-7-17-35-22-12-9-20(10-13-22)25-24(26(31)21-11-14-23(34-5)19(2)18-21)27(32)28(33)30(25)16-8-15-29(3)4/h9-14,18,25,31H,6-8,15-17H2,1-5H3/t25-/m0/s1. The van der Waals surface area contributed by atoms with Gasteiger partial charge in [-0.2, -0.15) is 0 Å². The van der Waals surface area contributed by atoms with Crippen LogP contribution in [0.2, 0.25) is 0 Å². The largest absolute Gasteiger partial charge is 0.507 e. The number of carbonyl (C=O) groups excluding carboxylic acids is 2. The van der Waals surface area contributed by atoms with Gasteiger partial charge in [0.1, 0.15) is 17.3 Å². The second kappa shape index (κ2) is 11.9. The van der Waals surface area contributed by atoms with Gasteiger partial charge in [-0.25, -0.2) is 0 Å². The highest BCUT2D eigenvalue weighted by Crippen LogP contribution is 2.40. The molecule has 2 aromatic rings. The Morgan fingerprint density at radius 2 is 1.80 bits per heavy atom. The van der Waals surface area contributed by atoms with Gasteiger partial charge in [-0.15, -0.1) is 0 Å². The number of carbonyl (C=O) groups is 2. The number of aliphatic hydroxyl groups excluding tert-OH is 1. The van der Waals surface area contributed by atoms with Crippen molar-refractivity contribution in [2.45, 2.75) is 39.2 Å². The molecule has 0 radical (unpaired) electrons. The molecule has 0 bridgehead atoms. The van der Waals surface area contributed by atoms with Gasteiger partial charge in [-0.05, 0) is 81.9 Å². The van der Waals surface area contributed by atoms with Gasteiger partial charge in [0.15, 0.2) is 0 Å². The molecule has 0 unspecified atom stereocenters. The molecule has 1 atom stereocenters. The second-order valence-corrected chi connectivity index (χ2v) is 9.10. The summed E-state index contributed by atoms with van der Waals surface area (Å²) >= 11 is 0. The van der Waals surface area contributed by atoms with Crippen LogP contribution in [0.15, 0.2) is 48.0 Å². The summed E-state index contributed by atoms with van der Waals surface area (Å²) in [4.78, 5) is 29.9. The number of unbranched alkanes of at least 4 members (excludes halogenated alkanes) is 1. The number of rotatable bonds is 11. The number of methoxy groups -OCH3 is 1. The maximum absolute atomic E-state index is 13.2. The molecule has 3 rings (SSSR count). The first-order valence-electron chi connectivity index (χ1n) is 12.1. The number of ether oxygens (including phenoxy) is 2. The van der Waals surface area contributed by atoms with E-state index in [1.165, 1.54) is 0 Å². The fourth-order valence-electron chi connectivity index (χ4n) is 4.28. The van der Waals surface area contributed by atoms with Crippen molar-refractivity contribution in [2.24, 2.45) is 0 Å². The van der Waals surface area contributed by atoms with E-state index in [-0.39, 0.29) is 11.3 Å². The SMILES string of the molecule is CCCCOc1ccc([C@H]2C(=C(O)c3ccc(OC)c(C)c3)C(=O)C(=O)N2CCCN(C)C)cc1. The Morgan fingerprint density at radius 3 is 2.40 bits per heavy atom. The van der Waals surface area contributed by atoms with Crippen molar-refractivity contribution in [3.63, 3.8) is 0 Å². The zero-order chi connectivity index (χ0) is 25.5. The fourth-order valence-corrected chi connectivity index (χ4v) is 4.28. The van der Waals surface area contributed by atoms with E-state index in [2.05, 4.69) is 6.92 Å². The maximum Gasteiger partial charge on any atom is 0.295 e. The predicted octanol–water partition coefficient (Wildman–Crippen LogP) is 4.56. The number of likely N-dealkylation sites (tertiary alicyclic amines) is 1. The highest BCUT2D eigenvalue weighted by Gasteiger charge is 2.45. The van der Waals surface area contributed by atoms with Crippen molar-refractivity contribution in [1.29, 1.82) is 0 Å². The van der Waals surface area contributed by atoms with Crippen molar-refractivity contribution in [3.8, 4) is 11.5 Å². The average molecular weight is 481 g/mol. The molecule has 0 aliphatic carbocycles. The Morgan fingerprint density at radius 1 is 1.09 bits per heavy atom. The normalized spacial score (nSPS) is 17.3. The molecule has 0 spiro atoms. The number of aryl methyl sites for hydroxylation is 1. The predicted molar refractivity (Wildman–Crippen MR) is 137 cm³/mol. The molecular weight excluding hydrogens is 444 g/mol. The Bertz CT molecular complexity index is 1080. The molecule has 0 aromatic heterocycles. The first-order chi connectivity index (χ1) is 16.8. The van der Waals surface area contributed by atoms with Crippen LogP contribution in [-0.4, -0.2) is 67.5 Å². The lowest BCUT2D eigenvalue weighted by atomic mass is 9.94. The Balaban J connectivity index is 2.03. The first kappa shape index (κ1) is 26.3. The minimum atomic E-state index is -0.677. The summed E-state index contributed by atoms with van der Waals surface area (Å²) in [6.07, 6.45) is 2.72. The van der Waals surface area contributed by atoms with Gasteiger partial charge in [0.05, 0.1) is 25.3 Å². The Labute approximate surface area is 207 Å². The molecule has 35 heavy (non-hydrogen) atoms. The molecule has 7 nitrogen and oxygen atoms in total. The lowest BCUT2D eigenvalue weighted by molar-refractivity contribution is -0.139. The van der Waals surface area contributed by atoms with Crippen molar-refractivity contribution in [3.05, 3.63) is 64.7 Å². The second-order valence-electron chi connectivity index (χ2n) is 9.10. The Hall–Kier alpha value is -3.32. The lowest BCUT2D eigenvalue weighted by Crippen LogP contribution is -2.32. The first-order valence-corrected chi connectivity index (χ1v) is 12.1. The summed E-state index contributed by atoms with van der Waals surface area (Å²) in [6, 6.07) is 12.0. The molecule has 1 amide bonds. The molecule has 1 heterocycles. The van der Waals surface area contributed by atoms with Crippen LogP contribution >= 0.6 is 0 Å². The number of ketones is 1. The third kappa shape index (κ3) is 6.03. The monoisotopic (exact) mass is 480 g/mol. The molecule has 2 aromatic carbocycles. The van der Waals surface area contributed by atoms with E-state index in [0.717, 1.165) is 36.3 Å². The molecule has 7 heteroatoms. The van der Waals surface area contributed by atoms with Crippen LogP contribution in [0.1, 0.15) is 48.9 Å². The quantitative estimate of drug-likeness (QED) is 0.220. The van der Waals surface area contributed by atoms with E-state index in [1.807, 2.05) is 50.2 Å². The van der Waals surface area contributed by atoms with Gasteiger partial charge in [-0.3, -0.25) is 9.59 Å². The van der Waals surface area contributed by atoms with E-state index in [1.54, 1.807) is 30.2 Å². The number of hydrogen-bond donors (Lipinski definition) is 1. The van der Waals surface area contributed by atoms with Gasteiger partial charge in [0.25, 0.3) is 11.7 Å². The average Bonchev–Trinajstić information content (AvgIpc) is 3.09. The summed E-state index contributed by atoms with van der Waals surface area (Å²) in [5, 5.41) is 11.3. The van der Waals surface area contributed by atoms with Gasteiger partial charge < -0.3 is 24.4 Å². The minimum absolute atomic E-state index is 0.101. The van der Waals surface area contributed by atoms with Crippen molar-refractivity contribution in [2.75, 3.05) is 40.9 Å². The topological polar surface area (TPSA) is 79.3 Å². The zero-order valence-corrected chi connectivity index (χ0v) is 21.3. The van der Waals surface area contributed by atoms with E-state index >= 15 is 0 Å². The van der Waals surface area contributed by atoms with Crippen LogP contribution in [0.4, 0.5) is 0 Å². The molecule has 0 saturated carbocycles. The van der Waals surface area contributed by atoms with Crippen molar-refractivity contribution < 1.29 is 24.2 Å². The maximum atomic E-state index is 13.2. The molecule has 1 saturated heterocycles. The van der Waals surface area contributed by atoms with E-state index < -0.39 is 17.7 Å². The third-order valence-electron chi connectivity index (χ3n) is 6.18. The molecule has 1 fully saturated rings. The summed E-state index contributed by atoms with van der Waals surface area (Å²) in [5.74, 6) is -0.0335. The van der Waals surface area contributed by atoms with Crippen LogP contribution in [0, 0.1) is 6.92 Å². The van der Waals surface area contributed by atoms with Crippen LogP contribution in [0.5, 0.6) is 11.5 Å². The fraction of sp³-hybridized carbons (Fsp3) is 0.429. The number of benzene rings is 2. The number of aliphatic hydroxyl groups is 1. The summed E-state index contributed by atoms with van der Waals surface area (Å²) in [6.45, 7) is 5.79. The van der Waals surface area contributed by atoms with Crippen molar-refractivity contribution >= 4 is 17.4 Å². The zero-order valence-electron chi connectivity index (χ0n) is 21.3. The van der Waals surface area contributed by atoms with E-state index in [0.29, 0.717) is 30.9 Å². The number of nitrogens with zero attached hydrogens (tertiary/aromatic N) is 2. The highest BCUT2D eigenvalue weighted by atomic mass is 16.5. The highest BCUT2D eigenvalue weighted by molar-refractivity contribution is 6.46. The summed E-state index contributed by atoms with van der Waals surface area (Å²) in [7, 11) is 5.51. The Kier molecular flexibility index (Phi) is 8.93. The summed E-state index contributed by atoms with van der Waals surface area (Å²) < 4.78 is 11.1. The minimum Gasteiger partial charge on any atom is -0.507 e. The molecule has 1 aliphatic rings. The smallest absolute Gasteiger partial charge is 0.295 e. The van der Waals surface area contributed by atoms with Gasteiger partial charge in [0.2, 0.25) is 0 Å². The van der Waals surface area contributed by atoms with Crippen LogP contribution < -0.4 is 9.47 Å². The molecule has 1 N–H and O–H groups in total. The lowest BCUT2D eigenvalue weighted by Gasteiger charge is -2.26. The van der Waals surface area contributed by atoms with Gasteiger partial charge in [0, 0.05) is 12.1 Å². The number of amides is 1. The van der Waals surface area contributed by atoms with Crippen LogP contribution in [0.3, 0.4) is 0 Å². The number of hydrogen-bond acceptors (Lipinski definition) is 6. The van der Waals surface area contributed by atoms with Crippen LogP contribution in [0.25, 0.3) is 5.76 Å². The van der Waals surface area contributed by atoms with Gasteiger partial charge in [-0.1, -0.05) is 25.5 Å². The van der Waals surface area contributed by atoms with E-state index in [4.69, 9.17) is 9.47 Å². The van der Waals surface area contributed by atoms with Crippen molar-refractivity contribution in [1.82, 2.24) is 9.80 Å².